The second kappa shape index (κ2) is 10.3. The van der Waals surface area contributed by atoms with E-state index in [0.717, 1.165) is 22.2 Å². The highest BCUT2D eigenvalue weighted by atomic mass is 19.1. The highest BCUT2D eigenvalue weighted by Gasteiger charge is 2.21. The van der Waals surface area contributed by atoms with Crippen molar-refractivity contribution >= 4 is 10.9 Å². The topological polar surface area (TPSA) is 34.4 Å². The van der Waals surface area contributed by atoms with Gasteiger partial charge in [-0.15, -0.1) is 0 Å². The zero-order chi connectivity index (χ0) is 25.1. The van der Waals surface area contributed by atoms with Gasteiger partial charge in [0.15, 0.2) is 5.82 Å². The molecule has 0 amide bonds. The Hall–Kier alpha value is -3.96. The van der Waals surface area contributed by atoms with Gasteiger partial charge in [-0.1, -0.05) is 54.6 Å². The molecule has 0 unspecified atom stereocenters. The van der Waals surface area contributed by atoms with Crippen LogP contribution >= 0.6 is 0 Å². The van der Waals surface area contributed by atoms with Crippen molar-refractivity contribution in [3.8, 4) is 17.0 Å². The van der Waals surface area contributed by atoms with E-state index in [-0.39, 0.29) is 18.2 Å². The molecule has 0 saturated heterocycles. The maximum atomic E-state index is 16.1. The molecule has 4 aromatic carbocycles. The van der Waals surface area contributed by atoms with Gasteiger partial charge in [-0.25, -0.2) is 8.78 Å². The van der Waals surface area contributed by atoms with Crippen LogP contribution in [0.3, 0.4) is 0 Å². The fourth-order valence-electron chi connectivity index (χ4n) is 4.57. The molecule has 3 nitrogen and oxygen atoms in total. The third kappa shape index (κ3) is 4.88. The van der Waals surface area contributed by atoms with Crippen LogP contribution in [-0.2, 0) is 19.6 Å². The Bertz CT molecular complexity index is 1490. The van der Waals surface area contributed by atoms with Gasteiger partial charge in [-0.3, -0.25) is 0 Å². The Labute approximate surface area is 209 Å². The Morgan fingerprint density at radius 1 is 0.806 bits per heavy atom. The number of hydrogen-bond donors (Lipinski definition) is 1. The minimum Gasteiger partial charge on any atom is -0.489 e. The maximum Gasteiger partial charge on any atom is 0.156 e. The first-order valence-electron chi connectivity index (χ1n) is 12.0. The minimum absolute atomic E-state index is 0.0927. The molecule has 1 aromatic heterocycles. The summed E-state index contributed by atoms with van der Waals surface area (Å²) >= 11 is 0. The van der Waals surface area contributed by atoms with E-state index in [2.05, 4.69) is 0 Å². The lowest BCUT2D eigenvalue weighted by Crippen LogP contribution is -2.04. The smallest absolute Gasteiger partial charge is 0.156 e. The largest absolute Gasteiger partial charge is 0.489 e. The Balaban J connectivity index is 1.57. The van der Waals surface area contributed by atoms with E-state index in [9.17, 15) is 9.50 Å². The molecule has 5 heteroatoms. The maximum absolute atomic E-state index is 16.1. The van der Waals surface area contributed by atoms with Gasteiger partial charge in [0.25, 0.3) is 0 Å². The molecule has 0 saturated carbocycles. The number of fused-ring (bicyclic) bond motifs is 1. The summed E-state index contributed by atoms with van der Waals surface area (Å²) < 4.78 is 37.8. The summed E-state index contributed by atoms with van der Waals surface area (Å²) in [6.45, 7) is 2.71. The molecule has 0 fully saturated rings. The van der Waals surface area contributed by atoms with E-state index >= 15 is 4.39 Å². The van der Waals surface area contributed by atoms with E-state index in [1.54, 1.807) is 19.1 Å². The second-order valence-corrected chi connectivity index (χ2v) is 8.95. The van der Waals surface area contributed by atoms with Crippen molar-refractivity contribution in [1.29, 1.82) is 0 Å². The molecular formula is C31H27F2NO2. The fraction of sp³-hybridized carbons (Fsp3) is 0.161. The van der Waals surface area contributed by atoms with Crippen LogP contribution in [0, 0.1) is 18.6 Å². The SMILES string of the molecule is Cc1cc(F)ccc1-c1c(F)c2cc(OCc3ccccc3)ccc2n1Cc1ccc(CCO)cc1. The molecule has 182 valence electrons. The summed E-state index contributed by atoms with van der Waals surface area (Å²) in [5.74, 6) is -0.129. The van der Waals surface area contributed by atoms with Crippen molar-refractivity contribution in [2.75, 3.05) is 6.61 Å². The van der Waals surface area contributed by atoms with Crippen LogP contribution in [0.25, 0.3) is 22.2 Å². The van der Waals surface area contributed by atoms with E-state index in [1.165, 1.54) is 12.1 Å². The van der Waals surface area contributed by atoms with Crippen molar-refractivity contribution in [2.24, 2.45) is 0 Å². The summed E-state index contributed by atoms with van der Waals surface area (Å²) in [4.78, 5) is 0. The van der Waals surface area contributed by atoms with Gasteiger partial charge in [0.2, 0.25) is 0 Å². The summed E-state index contributed by atoms with van der Waals surface area (Å²) in [5, 5.41) is 9.65. The lowest BCUT2D eigenvalue weighted by Gasteiger charge is -2.14. The van der Waals surface area contributed by atoms with Crippen molar-refractivity contribution in [2.45, 2.75) is 26.5 Å². The zero-order valence-electron chi connectivity index (χ0n) is 20.0. The molecule has 1 heterocycles. The van der Waals surface area contributed by atoms with Crippen LogP contribution in [0.5, 0.6) is 5.75 Å². The van der Waals surface area contributed by atoms with Gasteiger partial charge in [0, 0.05) is 24.1 Å². The average molecular weight is 484 g/mol. The lowest BCUT2D eigenvalue weighted by molar-refractivity contribution is 0.299. The van der Waals surface area contributed by atoms with Crippen LogP contribution in [0.2, 0.25) is 0 Å². The van der Waals surface area contributed by atoms with E-state index in [1.807, 2.05) is 71.3 Å². The molecule has 0 spiro atoms. The number of aliphatic hydroxyl groups is 1. The van der Waals surface area contributed by atoms with Crippen molar-refractivity contribution in [1.82, 2.24) is 4.57 Å². The number of aliphatic hydroxyl groups excluding tert-OH is 1. The minimum atomic E-state index is -0.359. The molecule has 0 aliphatic heterocycles. The van der Waals surface area contributed by atoms with Gasteiger partial charge in [-0.05, 0) is 72.0 Å². The van der Waals surface area contributed by atoms with E-state index < -0.39 is 0 Å². The Morgan fingerprint density at radius 3 is 2.28 bits per heavy atom. The molecule has 36 heavy (non-hydrogen) atoms. The van der Waals surface area contributed by atoms with Crippen LogP contribution in [0.4, 0.5) is 8.78 Å². The molecule has 5 rings (SSSR count). The number of hydrogen-bond acceptors (Lipinski definition) is 2. The van der Waals surface area contributed by atoms with Crippen LogP contribution in [-0.4, -0.2) is 16.3 Å². The van der Waals surface area contributed by atoms with Gasteiger partial charge in [-0.2, -0.15) is 0 Å². The molecule has 1 N–H and O–H groups in total. The third-order valence-electron chi connectivity index (χ3n) is 6.43. The van der Waals surface area contributed by atoms with Gasteiger partial charge in [0.1, 0.15) is 18.2 Å². The first-order chi connectivity index (χ1) is 17.5. The number of aromatic nitrogens is 1. The van der Waals surface area contributed by atoms with E-state index in [0.29, 0.717) is 47.5 Å². The monoisotopic (exact) mass is 483 g/mol. The average Bonchev–Trinajstić information content (AvgIpc) is 3.15. The third-order valence-corrected chi connectivity index (χ3v) is 6.43. The van der Waals surface area contributed by atoms with Crippen LogP contribution in [0.15, 0.2) is 91.0 Å². The molecule has 0 aliphatic rings. The quantitative estimate of drug-likeness (QED) is 0.256. The number of benzene rings is 4. The molecule has 5 aromatic rings. The predicted octanol–water partition coefficient (Wildman–Crippen LogP) is 7.06. The molecule has 0 atom stereocenters. The van der Waals surface area contributed by atoms with Gasteiger partial charge >= 0.3 is 0 Å². The zero-order valence-corrected chi connectivity index (χ0v) is 20.0. The summed E-state index contributed by atoms with van der Waals surface area (Å²) in [5.41, 5.74) is 5.53. The Morgan fingerprint density at radius 2 is 1.56 bits per heavy atom. The van der Waals surface area contributed by atoms with E-state index in [4.69, 9.17) is 4.74 Å². The first-order valence-corrected chi connectivity index (χ1v) is 12.0. The molecular weight excluding hydrogens is 456 g/mol. The summed E-state index contributed by atoms with van der Waals surface area (Å²) in [6.07, 6.45) is 0.590. The first kappa shape index (κ1) is 23.8. The predicted molar refractivity (Wildman–Crippen MR) is 139 cm³/mol. The van der Waals surface area contributed by atoms with Crippen LogP contribution < -0.4 is 4.74 Å². The lowest BCUT2D eigenvalue weighted by atomic mass is 10.0. The summed E-state index contributed by atoms with van der Waals surface area (Å²) in [7, 11) is 0. The number of aryl methyl sites for hydroxylation is 1. The van der Waals surface area contributed by atoms with Crippen LogP contribution in [0.1, 0.15) is 22.3 Å². The fourth-order valence-corrected chi connectivity index (χ4v) is 4.57. The second-order valence-electron chi connectivity index (χ2n) is 8.95. The van der Waals surface area contributed by atoms with Crippen molar-refractivity contribution in [3.63, 3.8) is 0 Å². The highest BCUT2D eigenvalue weighted by Crippen LogP contribution is 2.37. The molecule has 0 bridgehead atoms. The normalized spacial score (nSPS) is 11.2. The highest BCUT2D eigenvalue weighted by molar-refractivity contribution is 5.89. The van der Waals surface area contributed by atoms with Gasteiger partial charge in [0.05, 0.1) is 11.2 Å². The number of nitrogens with zero attached hydrogens (tertiary/aromatic N) is 1. The molecule has 0 aliphatic carbocycles. The van der Waals surface area contributed by atoms with Gasteiger partial charge < -0.3 is 14.4 Å². The Kier molecular flexibility index (Phi) is 6.83. The standard InChI is InChI=1S/C31H27F2NO2/c1-21-17-25(32)11-13-27(21)31-30(33)28-18-26(36-20-24-5-3-2-4-6-24)12-14-29(28)34(31)19-23-9-7-22(8-10-23)15-16-35/h2-14,17-18,35H,15-16,19-20H2,1H3. The van der Waals surface area contributed by atoms with Crippen molar-refractivity contribution < 1.29 is 18.6 Å². The number of ether oxygens (including phenoxy) is 1. The molecule has 0 radical (unpaired) electrons. The number of halogens is 2. The van der Waals surface area contributed by atoms with Crippen molar-refractivity contribution in [3.05, 3.63) is 125 Å². The summed E-state index contributed by atoms with van der Waals surface area (Å²) in [6, 6.07) is 27.7. The number of rotatable bonds is 8.